The van der Waals surface area contributed by atoms with Crippen LogP contribution < -0.4 is 14.9 Å². The molecule has 0 aliphatic rings. The molecule has 0 saturated heterocycles. The van der Waals surface area contributed by atoms with E-state index in [2.05, 4.69) is 10.4 Å². The van der Waals surface area contributed by atoms with Gasteiger partial charge in [0.1, 0.15) is 11.8 Å². The molecule has 2 atom stereocenters. The monoisotopic (exact) mass is 372 g/mol. The lowest BCUT2D eigenvalue weighted by Gasteiger charge is -2.22. The summed E-state index contributed by atoms with van der Waals surface area (Å²) in [5, 5.41) is 5.92. The maximum absolute atomic E-state index is 12.0. The van der Waals surface area contributed by atoms with Crippen LogP contribution in [0.3, 0.4) is 0 Å². The maximum Gasteiger partial charge on any atom is 0.323 e. The lowest BCUT2D eigenvalue weighted by atomic mass is 10.3. The molecule has 1 amide bonds. The highest BCUT2D eigenvalue weighted by Gasteiger charge is 2.22. The molecule has 0 spiro atoms. The van der Waals surface area contributed by atoms with Crippen molar-refractivity contribution in [3.05, 3.63) is 30.3 Å². The first-order valence-electron chi connectivity index (χ1n) is 7.75. The van der Waals surface area contributed by atoms with Crippen molar-refractivity contribution < 1.29 is 18.8 Å². The first-order valence-corrected chi connectivity index (χ1v) is 10.6. The van der Waals surface area contributed by atoms with Crippen molar-refractivity contribution >= 4 is 30.8 Å². The Morgan fingerprint density at radius 1 is 1.21 bits per heavy atom. The zero-order valence-electron chi connectivity index (χ0n) is 14.4. The standard InChI is InChI=1S/C16H25N2O4PS/c1-12(2)21-16(20)13(3)18-23(24-11-10-17-14(4)19)22-15-8-6-5-7-9-15/h5-9,12-13,18H,10-11H2,1-4H3,(H,17,19). The topological polar surface area (TPSA) is 76.7 Å². The largest absolute Gasteiger partial charge is 0.462 e. The van der Waals surface area contributed by atoms with Gasteiger partial charge in [0.05, 0.1) is 6.10 Å². The number of para-hydroxylation sites is 1. The Morgan fingerprint density at radius 3 is 2.46 bits per heavy atom. The number of hydrogen-bond acceptors (Lipinski definition) is 6. The fraction of sp³-hybridized carbons (Fsp3) is 0.500. The molecule has 134 valence electrons. The first-order chi connectivity index (χ1) is 11.4. The van der Waals surface area contributed by atoms with Crippen LogP contribution in [0.4, 0.5) is 0 Å². The summed E-state index contributed by atoms with van der Waals surface area (Å²) in [6.07, 6.45) is -0.157. The van der Waals surface area contributed by atoms with Crippen molar-refractivity contribution in [1.29, 1.82) is 0 Å². The van der Waals surface area contributed by atoms with E-state index in [-0.39, 0.29) is 18.0 Å². The number of amides is 1. The van der Waals surface area contributed by atoms with Crippen LogP contribution in [0.2, 0.25) is 0 Å². The maximum atomic E-state index is 12.0. The molecule has 0 fully saturated rings. The van der Waals surface area contributed by atoms with Crippen molar-refractivity contribution in [1.82, 2.24) is 10.4 Å². The Kier molecular flexibility index (Phi) is 9.76. The number of carbonyl (C=O) groups is 2. The number of benzene rings is 1. The van der Waals surface area contributed by atoms with Gasteiger partial charge in [-0.2, -0.15) is 0 Å². The van der Waals surface area contributed by atoms with Gasteiger partial charge in [0.15, 0.2) is 0 Å². The summed E-state index contributed by atoms with van der Waals surface area (Å²) < 4.78 is 11.2. The highest BCUT2D eigenvalue weighted by molar-refractivity contribution is 8.53. The van der Waals surface area contributed by atoms with Gasteiger partial charge in [0.2, 0.25) is 13.4 Å². The molecule has 0 saturated carbocycles. The summed E-state index contributed by atoms with van der Waals surface area (Å²) in [5.74, 6) is 1.03. The van der Waals surface area contributed by atoms with Gasteiger partial charge in [-0.05, 0) is 32.9 Å². The molecule has 0 aliphatic heterocycles. The second-order valence-electron chi connectivity index (χ2n) is 5.31. The summed E-state index contributed by atoms with van der Waals surface area (Å²) in [4.78, 5) is 22.9. The molecule has 8 heteroatoms. The number of nitrogens with one attached hydrogen (secondary N) is 2. The van der Waals surface area contributed by atoms with Crippen molar-refractivity contribution in [2.75, 3.05) is 12.3 Å². The third-order valence-corrected chi connectivity index (χ3v) is 6.01. The molecule has 24 heavy (non-hydrogen) atoms. The quantitative estimate of drug-likeness (QED) is 0.373. The van der Waals surface area contributed by atoms with E-state index < -0.39 is 13.5 Å². The van der Waals surface area contributed by atoms with Crippen molar-refractivity contribution in [3.63, 3.8) is 0 Å². The van der Waals surface area contributed by atoms with Crippen molar-refractivity contribution in [2.45, 2.75) is 39.8 Å². The molecular formula is C16H25N2O4PS. The van der Waals surface area contributed by atoms with Crippen LogP contribution in [0.1, 0.15) is 27.7 Å². The summed E-state index contributed by atoms with van der Waals surface area (Å²) in [5.41, 5.74) is 0. The molecule has 2 unspecified atom stereocenters. The van der Waals surface area contributed by atoms with E-state index in [1.807, 2.05) is 44.2 Å². The Bertz CT molecular complexity index is 516. The lowest BCUT2D eigenvalue weighted by molar-refractivity contribution is -0.148. The molecular weight excluding hydrogens is 347 g/mol. The summed E-state index contributed by atoms with van der Waals surface area (Å²) in [6.45, 7) is 7.41. The predicted octanol–water partition coefficient (Wildman–Crippen LogP) is 3.09. The van der Waals surface area contributed by atoms with Crippen LogP contribution in [-0.2, 0) is 14.3 Å². The Labute approximate surface area is 148 Å². The molecule has 0 bridgehead atoms. The average molecular weight is 372 g/mol. The SMILES string of the molecule is CC(=O)NCCSP(NC(C)C(=O)OC(C)C)Oc1ccccc1. The second kappa shape index (κ2) is 11.3. The molecule has 6 nitrogen and oxygen atoms in total. The smallest absolute Gasteiger partial charge is 0.323 e. The van der Waals surface area contributed by atoms with Crippen molar-refractivity contribution in [3.8, 4) is 5.75 Å². The van der Waals surface area contributed by atoms with Gasteiger partial charge in [0.25, 0.3) is 0 Å². The van der Waals surface area contributed by atoms with Gasteiger partial charge in [-0.3, -0.25) is 9.59 Å². The summed E-state index contributed by atoms with van der Waals surface area (Å²) in [6, 6.07) is 8.94. The van der Waals surface area contributed by atoms with Crippen LogP contribution in [-0.4, -0.2) is 36.3 Å². The molecule has 1 rings (SSSR count). The van der Waals surface area contributed by atoms with Gasteiger partial charge < -0.3 is 14.6 Å². The van der Waals surface area contributed by atoms with E-state index in [9.17, 15) is 9.59 Å². The zero-order chi connectivity index (χ0) is 17.9. The normalized spacial score (nSPS) is 13.2. The Hall–Kier alpha value is -1.30. The van der Waals surface area contributed by atoms with Gasteiger partial charge in [-0.25, -0.2) is 5.09 Å². The number of ether oxygens (including phenoxy) is 1. The average Bonchev–Trinajstić information content (AvgIpc) is 2.51. The minimum absolute atomic E-state index is 0.0641. The van der Waals surface area contributed by atoms with E-state index in [1.165, 1.54) is 18.3 Å². The molecule has 0 radical (unpaired) electrons. The van der Waals surface area contributed by atoms with Gasteiger partial charge in [-0.1, -0.05) is 29.6 Å². The van der Waals surface area contributed by atoms with Crippen LogP contribution in [0.15, 0.2) is 30.3 Å². The number of esters is 1. The van der Waals surface area contributed by atoms with Crippen LogP contribution >= 0.6 is 18.9 Å². The molecule has 0 aromatic heterocycles. The molecule has 0 aliphatic carbocycles. The summed E-state index contributed by atoms with van der Waals surface area (Å²) >= 11 is 1.53. The number of carbonyl (C=O) groups excluding carboxylic acids is 2. The molecule has 1 aromatic carbocycles. The Balaban J connectivity index is 2.58. The molecule has 1 aromatic rings. The van der Waals surface area contributed by atoms with Crippen LogP contribution in [0, 0.1) is 0 Å². The lowest BCUT2D eigenvalue weighted by Crippen LogP contribution is -2.34. The third kappa shape index (κ3) is 9.11. The van der Waals surface area contributed by atoms with E-state index in [4.69, 9.17) is 9.26 Å². The first kappa shape index (κ1) is 20.7. The van der Waals surface area contributed by atoms with Crippen molar-refractivity contribution in [2.24, 2.45) is 0 Å². The highest BCUT2D eigenvalue weighted by Crippen LogP contribution is 2.47. The fourth-order valence-corrected chi connectivity index (χ4v) is 4.73. The van der Waals surface area contributed by atoms with Crippen LogP contribution in [0.5, 0.6) is 5.75 Å². The van der Waals surface area contributed by atoms with Gasteiger partial charge >= 0.3 is 5.97 Å². The fourth-order valence-electron chi connectivity index (χ4n) is 1.57. The number of hydrogen-bond donors (Lipinski definition) is 2. The van der Waals surface area contributed by atoms with Gasteiger partial charge in [-0.15, -0.1) is 0 Å². The zero-order valence-corrected chi connectivity index (χ0v) is 16.2. The van der Waals surface area contributed by atoms with Crippen LogP contribution in [0.25, 0.3) is 0 Å². The van der Waals surface area contributed by atoms with E-state index >= 15 is 0 Å². The number of rotatable bonds is 10. The second-order valence-corrected chi connectivity index (χ2v) is 8.71. The van der Waals surface area contributed by atoms with E-state index in [1.54, 1.807) is 6.92 Å². The minimum Gasteiger partial charge on any atom is -0.462 e. The Morgan fingerprint density at radius 2 is 1.88 bits per heavy atom. The predicted molar refractivity (Wildman–Crippen MR) is 99.0 cm³/mol. The third-order valence-electron chi connectivity index (χ3n) is 2.62. The molecule has 0 heterocycles. The summed E-state index contributed by atoms with van der Waals surface area (Å²) in [7, 11) is -1.15. The van der Waals surface area contributed by atoms with Gasteiger partial charge in [0, 0.05) is 19.2 Å². The highest BCUT2D eigenvalue weighted by atomic mass is 32.7. The minimum atomic E-state index is -1.15. The van der Waals surface area contributed by atoms with E-state index in [0.717, 1.165) is 5.75 Å². The van der Waals surface area contributed by atoms with E-state index in [0.29, 0.717) is 12.3 Å². The molecule has 2 N–H and O–H groups in total.